The zero-order chi connectivity index (χ0) is 16.0. The highest BCUT2D eigenvalue weighted by molar-refractivity contribution is 5.81. The molecule has 0 atom stereocenters. The highest BCUT2D eigenvalue weighted by Gasteiger charge is 2.30. The molecule has 0 saturated heterocycles. The van der Waals surface area contributed by atoms with Crippen LogP contribution in [-0.4, -0.2) is 12.6 Å². The molecule has 0 heterocycles. The molecule has 0 aliphatic carbocycles. The first-order chi connectivity index (χ1) is 10.4. The molecule has 0 radical (unpaired) electrons. The minimum absolute atomic E-state index is 0.161. The summed E-state index contributed by atoms with van der Waals surface area (Å²) in [5, 5.41) is 3.84. The van der Waals surface area contributed by atoms with Gasteiger partial charge in [-0.15, -0.1) is 13.2 Å². The van der Waals surface area contributed by atoms with Crippen LogP contribution in [-0.2, 0) is 11.4 Å². The van der Waals surface area contributed by atoms with Crippen LogP contribution in [0, 0.1) is 6.92 Å². The van der Waals surface area contributed by atoms with Crippen LogP contribution in [0.5, 0.6) is 5.75 Å². The summed E-state index contributed by atoms with van der Waals surface area (Å²) in [4.78, 5) is 5.13. The van der Waals surface area contributed by atoms with Crippen molar-refractivity contribution in [2.45, 2.75) is 19.9 Å². The average molecular weight is 309 g/mol. The van der Waals surface area contributed by atoms with Crippen molar-refractivity contribution < 1.29 is 22.7 Å². The highest BCUT2D eigenvalue weighted by Crippen LogP contribution is 2.22. The van der Waals surface area contributed by atoms with Crippen molar-refractivity contribution in [1.82, 2.24) is 0 Å². The van der Waals surface area contributed by atoms with Gasteiger partial charge in [0.1, 0.15) is 12.4 Å². The third kappa shape index (κ3) is 5.12. The average Bonchev–Trinajstić information content (AvgIpc) is 2.45. The third-order valence-corrected chi connectivity index (χ3v) is 2.84. The number of benzene rings is 2. The van der Waals surface area contributed by atoms with E-state index < -0.39 is 6.36 Å². The number of ether oxygens (including phenoxy) is 1. The van der Waals surface area contributed by atoms with Crippen molar-refractivity contribution in [3.63, 3.8) is 0 Å². The molecule has 2 aromatic rings. The largest absolute Gasteiger partial charge is 0.573 e. The van der Waals surface area contributed by atoms with Crippen molar-refractivity contribution in [1.29, 1.82) is 0 Å². The molecule has 0 unspecified atom stereocenters. The molecule has 0 aromatic heterocycles. The molecule has 0 aliphatic heterocycles. The van der Waals surface area contributed by atoms with Gasteiger partial charge in [0.05, 0.1) is 6.21 Å². The molecule has 3 nitrogen and oxygen atoms in total. The minimum Gasteiger partial charge on any atom is -0.406 e. The zero-order valence-electron chi connectivity index (χ0n) is 11.8. The number of hydrogen-bond donors (Lipinski definition) is 0. The van der Waals surface area contributed by atoms with E-state index in [0.29, 0.717) is 5.56 Å². The van der Waals surface area contributed by atoms with E-state index >= 15 is 0 Å². The van der Waals surface area contributed by atoms with Gasteiger partial charge in [0.25, 0.3) is 0 Å². The van der Waals surface area contributed by atoms with Gasteiger partial charge in [-0.1, -0.05) is 41.6 Å². The molecule has 0 amide bonds. The van der Waals surface area contributed by atoms with E-state index in [1.54, 1.807) is 6.21 Å². The second-order valence-electron chi connectivity index (χ2n) is 4.56. The Kier molecular flexibility index (Phi) is 5.04. The number of hydrogen-bond acceptors (Lipinski definition) is 3. The molecule has 0 spiro atoms. The van der Waals surface area contributed by atoms with E-state index in [2.05, 4.69) is 9.89 Å². The molecular formula is C16H14F3NO2. The minimum atomic E-state index is -4.68. The Balaban J connectivity index is 1.86. The van der Waals surface area contributed by atoms with Crippen LogP contribution in [0.25, 0.3) is 0 Å². The van der Waals surface area contributed by atoms with Crippen molar-refractivity contribution in [2.75, 3.05) is 0 Å². The van der Waals surface area contributed by atoms with E-state index in [0.717, 1.165) is 11.1 Å². The standard InChI is InChI=1S/C16H14F3NO2/c1-12-4-2-3-5-14(12)10-20-21-11-13-6-8-15(9-7-13)22-16(17,18)19/h2-10H,11H2,1H3. The van der Waals surface area contributed by atoms with Crippen LogP contribution >= 0.6 is 0 Å². The van der Waals surface area contributed by atoms with Gasteiger partial charge < -0.3 is 9.57 Å². The Morgan fingerprint density at radius 1 is 1.05 bits per heavy atom. The molecule has 22 heavy (non-hydrogen) atoms. The van der Waals surface area contributed by atoms with E-state index in [-0.39, 0.29) is 12.4 Å². The molecular weight excluding hydrogens is 295 g/mol. The number of alkyl halides is 3. The summed E-state index contributed by atoms with van der Waals surface area (Å²) >= 11 is 0. The molecule has 0 bridgehead atoms. The van der Waals surface area contributed by atoms with Gasteiger partial charge in [-0.05, 0) is 35.7 Å². The second-order valence-corrected chi connectivity index (χ2v) is 4.56. The maximum absolute atomic E-state index is 12.0. The zero-order valence-corrected chi connectivity index (χ0v) is 11.8. The monoisotopic (exact) mass is 309 g/mol. The summed E-state index contributed by atoms with van der Waals surface area (Å²) in [6.07, 6.45) is -3.09. The maximum Gasteiger partial charge on any atom is 0.573 e. The first kappa shape index (κ1) is 15.9. The van der Waals surface area contributed by atoms with Crippen LogP contribution in [0.15, 0.2) is 53.7 Å². The molecule has 2 aromatic carbocycles. The Hall–Kier alpha value is -2.50. The fraction of sp³-hybridized carbons (Fsp3) is 0.188. The number of rotatable bonds is 5. The van der Waals surface area contributed by atoms with Crippen LogP contribution in [0.4, 0.5) is 13.2 Å². The first-order valence-corrected chi connectivity index (χ1v) is 6.50. The van der Waals surface area contributed by atoms with E-state index in [1.165, 1.54) is 24.3 Å². The number of halogens is 3. The Morgan fingerprint density at radius 2 is 1.73 bits per heavy atom. The number of oxime groups is 1. The first-order valence-electron chi connectivity index (χ1n) is 6.50. The fourth-order valence-corrected chi connectivity index (χ4v) is 1.72. The summed E-state index contributed by atoms with van der Waals surface area (Å²) < 4.78 is 39.8. The van der Waals surface area contributed by atoms with Crippen molar-refractivity contribution in [3.8, 4) is 5.75 Å². The Labute approximate surface area is 126 Å². The van der Waals surface area contributed by atoms with Gasteiger partial charge >= 0.3 is 6.36 Å². The highest BCUT2D eigenvalue weighted by atomic mass is 19.4. The third-order valence-electron chi connectivity index (χ3n) is 2.84. The van der Waals surface area contributed by atoms with Crippen molar-refractivity contribution >= 4 is 6.21 Å². The summed E-state index contributed by atoms with van der Waals surface area (Å²) in [5.41, 5.74) is 2.70. The van der Waals surface area contributed by atoms with Crippen molar-refractivity contribution in [3.05, 3.63) is 65.2 Å². The fourth-order valence-electron chi connectivity index (χ4n) is 1.72. The lowest BCUT2D eigenvalue weighted by molar-refractivity contribution is -0.274. The smallest absolute Gasteiger partial charge is 0.406 e. The molecule has 116 valence electrons. The Bertz CT molecular complexity index is 637. The Morgan fingerprint density at radius 3 is 2.36 bits per heavy atom. The maximum atomic E-state index is 12.0. The van der Waals surface area contributed by atoms with E-state index in [4.69, 9.17) is 4.84 Å². The lowest BCUT2D eigenvalue weighted by Gasteiger charge is -2.08. The van der Waals surface area contributed by atoms with E-state index in [1.807, 2.05) is 31.2 Å². The lowest BCUT2D eigenvalue weighted by atomic mass is 10.1. The van der Waals surface area contributed by atoms with Gasteiger partial charge in [0.15, 0.2) is 0 Å². The van der Waals surface area contributed by atoms with Crippen LogP contribution in [0.3, 0.4) is 0 Å². The molecule has 2 rings (SSSR count). The molecule has 0 N–H and O–H groups in total. The SMILES string of the molecule is Cc1ccccc1C=NOCc1ccc(OC(F)(F)F)cc1. The lowest BCUT2D eigenvalue weighted by Crippen LogP contribution is -2.17. The summed E-state index contributed by atoms with van der Waals surface area (Å²) in [6.45, 7) is 2.12. The normalized spacial score (nSPS) is 11.6. The van der Waals surface area contributed by atoms with Gasteiger partial charge in [0, 0.05) is 0 Å². The van der Waals surface area contributed by atoms with Gasteiger partial charge in [-0.3, -0.25) is 0 Å². The van der Waals surface area contributed by atoms with E-state index in [9.17, 15) is 13.2 Å². The van der Waals surface area contributed by atoms with Gasteiger partial charge in [-0.25, -0.2) is 0 Å². The predicted molar refractivity (Wildman–Crippen MR) is 76.7 cm³/mol. The van der Waals surface area contributed by atoms with Crippen LogP contribution < -0.4 is 4.74 Å². The van der Waals surface area contributed by atoms with Gasteiger partial charge in [0.2, 0.25) is 0 Å². The number of nitrogens with zero attached hydrogens (tertiary/aromatic N) is 1. The quantitative estimate of drug-likeness (QED) is 0.603. The van der Waals surface area contributed by atoms with Gasteiger partial charge in [-0.2, -0.15) is 0 Å². The molecule has 0 aliphatic rings. The number of aryl methyl sites for hydroxylation is 1. The molecule has 6 heteroatoms. The molecule has 0 fully saturated rings. The summed E-state index contributed by atoms with van der Waals surface area (Å²) in [7, 11) is 0. The predicted octanol–water partition coefficient (Wildman–Crippen LogP) is 4.44. The molecule has 0 saturated carbocycles. The summed E-state index contributed by atoms with van der Waals surface area (Å²) in [5.74, 6) is -0.264. The summed E-state index contributed by atoms with van der Waals surface area (Å²) in [6, 6.07) is 13.1. The van der Waals surface area contributed by atoms with Crippen LogP contribution in [0.1, 0.15) is 16.7 Å². The topological polar surface area (TPSA) is 30.8 Å². The van der Waals surface area contributed by atoms with Crippen LogP contribution in [0.2, 0.25) is 0 Å². The second kappa shape index (κ2) is 6.98. The van der Waals surface area contributed by atoms with Crippen molar-refractivity contribution in [2.24, 2.45) is 5.16 Å².